The monoisotopic (exact) mass is 781 g/mol. The number of carbonyl (C=O) groups is 5. The molecule has 0 unspecified atom stereocenters. The van der Waals surface area contributed by atoms with Gasteiger partial charge < -0.3 is 4.74 Å². The van der Waals surface area contributed by atoms with Crippen molar-refractivity contribution in [1.82, 2.24) is 4.57 Å². The highest BCUT2D eigenvalue weighted by atomic mass is 32.1. The lowest BCUT2D eigenvalue weighted by molar-refractivity contribution is 0.0975. The van der Waals surface area contributed by atoms with Crippen LogP contribution in [-0.4, -0.2) is 33.8 Å². The number of nitrogens with zero attached hydrogens (tertiary/aromatic N) is 5. The van der Waals surface area contributed by atoms with Gasteiger partial charge in [0, 0.05) is 36.7 Å². The molecular formula is C42H15N5O6S3. The molecule has 3 aromatic carbocycles. The fourth-order valence-corrected chi connectivity index (χ4v) is 10.7. The van der Waals surface area contributed by atoms with E-state index in [1.165, 1.54) is 75.0 Å². The smallest absolute Gasteiger partial charge is 0.419 e. The van der Waals surface area contributed by atoms with E-state index >= 15 is 0 Å². The van der Waals surface area contributed by atoms with Crippen molar-refractivity contribution in [3.63, 3.8) is 0 Å². The van der Waals surface area contributed by atoms with Gasteiger partial charge in [0.25, 0.3) is 0 Å². The number of rotatable bonds is 4. The number of ether oxygens (including phenoxy) is 1. The van der Waals surface area contributed by atoms with Crippen LogP contribution in [0.25, 0.3) is 42.0 Å². The van der Waals surface area contributed by atoms with Crippen LogP contribution in [0, 0.1) is 45.3 Å². The summed E-state index contributed by atoms with van der Waals surface area (Å²) in [4.78, 5) is 68.6. The van der Waals surface area contributed by atoms with E-state index < -0.39 is 29.2 Å². The highest BCUT2D eigenvalue weighted by Crippen LogP contribution is 2.48. The third-order valence-corrected chi connectivity index (χ3v) is 13.1. The van der Waals surface area contributed by atoms with Crippen LogP contribution in [0.2, 0.25) is 0 Å². The lowest BCUT2D eigenvalue weighted by Gasteiger charge is -2.07. The van der Waals surface area contributed by atoms with E-state index in [-0.39, 0.29) is 62.3 Å². The zero-order chi connectivity index (χ0) is 39.0. The molecule has 14 heteroatoms. The zero-order valence-corrected chi connectivity index (χ0v) is 30.6. The minimum atomic E-state index is -0.675. The van der Waals surface area contributed by atoms with Crippen molar-refractivity contribution in [2.75, 3.05) is 0 Å². The number of carbonyl (C=O) groups excluding carboxylic acids is 5. The van der Waals surface area contributed by atoms with E-state index in [2.05, 4.69) is 0 Å². The molecule has 0 saturated carbocycles. The molecule has 0 fully saturated rings. The molecule has 0 spiro atoms. The maximum absolute atomic E-state index is 14.0. The van der Waals surface area contributed by atoms with Crippen LogP contribution in [0.5, 0.6) is 0 Å². The first-order valence-corrected chi connectivity index (χ1v) is 18.9. The number of aromatic nitrogens is 1. The van der Waals surface area contributed by atoms with Crippen LogP contribution in [0.4, 0.5) is 4.79 Å². The Morgan fingerprint density at radius 1 is 0.607 bits per heavy atom. The topological polar surface area (TPSA) is 195 Å². The Morgan fingerprint density at radius 2 is 1.07 bits per heavy atom. The third-order valence-electron chi connectivity index (χ3n) is 9.48. The van der Waals surface area contributed by atoms with Crippen LogP contribution in [0.3, 0.4) is 0 Å². The summed E-state index contributed by atoms with van der Waals surface area (Å²) in [5.41, 5.74) is 1.75. The number of nitriles is 4. The van der Waals surface area contributed by atoms with Crippen LogP contribution in [-0.2, 0) is 11.3 Å². The largest absolute Gasteiger partial charge is 0.444 e. The maximum atomic E-state index is 14.0. The summed E-state index contributed by atoms with van der Waals surface area (Å²) < 4.78 is 10.1. The normalized spacial score (nSPS) is 13.1. The minimum Gasteiger partial charge on any atom is -0.444 e. The summed E-state index contributed by atoms with van der Waals surface area (Å²) in [5, 5.41) is 37.8. The van der Waals surface area contributed by atoms with E-state index in [1.807, 2.05) is 60.7 Å². The Bertz CT molecular complexity index is 3180. The molecule has 4 heterocycles. The predicted molar refractivity (Wildman–Crippen MR) is 208 cm³/mol. The summed E-state index contributed by atoms with van der Waals surface area (Å²) >= 11 is 3.92. The molecule has 0 N–H and O–H groups in total. The third kappa shape index (κ3) is 5.07. The molecule has 9 rings (SSSR count). The highest BCUT2D eigenvalue weighted by Gasteiger charge is 2.36. The molecule has 0 aliphatic heterocycles. The van der Waals surface area contributed by atoms with Gasteiger partial charge in [-0.25, -0.2) is 9.36 Å². The van der Waals surface area contributed by atoms with Crippen LogP contribution in [0.15, 0.2) is 77.9 Å². The Balaban J connectivity index is 1.15. The molecule has 56 heavy (non-hydrogen) atoms. The molecule has 0 amide bonds. The Hall–Kier alpha value is -7.59. The number of allylic oxidation sites excluding steroid dienone is 2. The summed E-state index contributed by atoms with van der Waals surface area (Å²) in [6.45, 7) is -0.0145. The van der Waals surface area contributed by atoms with Crippen molar-refractivity contribution in [3.8, 4) is 24.3 Å². The van der Waals surface area contributed by atoms with Crippen LogP contribution < -0.4 is 0 Å². The van der Waals surface area contributed by atoms with E-state index in [1.54, 1.807) is 6.07 Å². The van der Waals surface area contributed by atoms with E-state index in [9.17, 15) is 45.0 Å². The average Bonchev–Trinajstić information content (AvgIpc) is 4.03. The van der Waals surface area contributed by atoms with Gasteiger partial charge >= 0.3 is 6.09 Å². The van der Waals surface area contributed by atoms with Gasteiger partial charge in [-0.05, 0) is 54.1 Å². The Morgan fingerprint density at radius 3 is 1.55 bits per heavy atom. The van der Waals surface area contributed by atoms with E-state index in [4.69, 9.17) is 4.74 Å². The number of fused-ring (bicyclic) bond motifs is 7. The Kier molecular flexibility index (Phi) is 7.80. The second-order valence-electron chi connectivity index (χ2n) is 12.6. The summed E-state index contributed by atoms with van der Waals surface area (Å²) in [6.07, 6.45) is 2.25. The zero-order valence-electron chi connectivity index (χ0n) is 28.1. The summed E-state index contributed by atoms with van der Waals surface area (Å²) in [6, 6.07) is 25.3. The van der Waals surface area contributed by atoms with Gasteiger partial charge in [-0.15, -0.1) is 34.0 Å². The minimum absolute atomic E-state index is 0.00169. The summed E-state index contributed by atoms with van der Waals surface area (Å²) in [7, 11) is 0. The van der Waals surface area contributed by atoms with Crippen molar-refractivity contribution in [2.24, 2.45) is 0 Å². The van der Waals surface area contributed by atoms with Crippen LogP contribution >= 0.6 is 34.0 Å². The molecule has 0 radical (unpaired) electrons. The second kappa shape index (κ2) is 12.8. The van der Waals surface area contributed by atoms with Gasteiger partial charge in [0.05, 0.1) is 58.5 Å². The van der Waals surface area contributed by atoms with E-state index in [0.717, 1.165) is 15.0 Å². The first kappa shape index (κ1) is 34.2. The fourth-order valence-electron chi connectivity index (χ4n) is 6.87. The lowest BCUT2D eigenvalue weighted by atomic mass is 10.0. The molecule has 0 atom stereocenters. The SMILES string of the molecule is N#Cc1cc2c(cc1C#N)C(=O)C(=Cc1cc3c(s1)c1sc4cc(C=C5C(=O)c6cc(C#N)c(C#N)cc6C5=O)sc4c1n3C(=O)OCc1ccccc1)C2=O. The molecule has 2 aliphatic carbocycles. The van der Waals surface area contributed by atoms with Crippen molar-refractivity contribution in [1.29, 1.82) is 21.0 Å². The Labute approximate surface area is 326 Å². The molecule has 4 aromatic heterocycles. The number of hydrogen-bond donors (Lipinski definition) is 0. The first-order valence-electron chi connectivity index (χ1n) is 16.4. The fraction of sp³-hybridized carbons (Fsp3) is 0.0238. The van der Waals surface area contributed by atoms with Gasteiger partial charge in [-0.1, -0.05) is 30.3 Å². The molecule has 262 valence electrons. The summed E-state index contributed by atoms with van der Waals surface area (Å²) in [5.74, 6) is -2.26. The average molecular weight is 782 g/mol. The highest BCUT2D eigenvalue weighted by molar-refractivity contribution is 7.36. The van der Waals surface area contributed by atoms with Crippen LogP contribution in [0.1, 0.15) is 79.0 Å². The number of thiophene rings is 3. The van der Waals surface area contributed by atoms with E-state index in [0.29, 0.717) is 30.2 Å². The number of ketones is 4. The molecule has 0 bridgehead atoms. The molecule has 7 aromatic rings. The number of hydrogen-bond acceptors (Lipinski definition) is 13. The van der Waals surface area contributed by atoms with Gasteiger partial charge in [-0.2, -0.15) is 21.0 Å². The van der Waals surface area contributed by atoms with Gasteiger partial charge in [-0.3, -0.25) is 19.2 Å². The predicted octanol–water partition coefficient (Wildman–Crippen LogP) is 8.73. The van der Waals surface area contributed by atoms with Gasteiger partial charge in [0.15, 0.2) is 23.1 Å². The number of benzene rings is 3. The molecule has 0 saturated heterocycles. The molecule has 2 aliphatic rings. The van der Waals surface area contributed by atoms with Crippen molar-refractivity contribution < 1.29 is 28.7 Å². The van der Waals surface area contributed by atoms with Crippen molar-refractivity contribution in [3.05, 3.63) is 138 Å². The maximum Gasteiger partial charge on any atom is 0.419 e. The molecule has 11 nitrogen and oxygen atoms in total. The van der Waals surface area contributed by atoms with Crippen molar-refractivity contribution >= 4 is 105 Å². The van der Waals surface area contributed by atoms with Gasteiger partial charge in [0.1, 0.15) is 30.9 Å². The quantitative estimate of drug-likeness (QED) is 0.123. The van der Waals surface area contributed by atoms with Crippen molar-refractivity contribution in [2.45, 2.75) is 6.61 Å². The number of Topliss-reactive ketones (excluding diaryl/α,β-unsaturated/α-hetero) is 4. The molecular weight excluding hydrogens is 767 g/mol. The standard InChI is InChI=1S/C42H15N5O6S3/c43-14-20-6-26-27(7-21(20)15-44)36(49)30(35(26)48)10-24-12-32-39(54-24)41-34(47(32)42(52)53-18-19-4-2-1-3-5-19)40-33(56-41)13-25(55-40)11-31-37(50)28-8-22(16-45)23(17-46)9-29(28)38(31)51/h1-13H,18H2. The second-order valence-corrected chi connectivity index (χ2v) is 15.8. The van der Waals surface area contributed by atoms with Gasteiger partial charge in [0.2, 0.25) is 0 Å². The lowest BCUT2D eigenvalue weighted by Crippen LogP contribution is -2.13. The first-order chi connectivity index (χ1) is 27.1.